The Morgan fingerprint density at radius 3 is 1.89 bits per heavy atom. The van der Waals surface area contributed by atoms with Crippen LogP contribution in [0.2, 0.25) is 0 Å². The molecule has 2 nitrogen and oxygen atoms in total. The molecule has 0 radical (unpaired) electrons. The molecule has 0 aromatic rings. The molecule has 1 heterocycles. The lowest BCUT2D eigenvalue weighted by Gasteiger charge is -2.10. The van der Waals surface area contributed by atoms with Crippen molar-refractivity contribution >= 4 is 23.5 Å². The highest BCUT2D eigenvalue weighted by Crippen LogP contribution is 2.35. The van der Waals surface area contributed by atoms with E-state index in [0.29, 0.717) is 0 Å². The van der Waals surface area contributed by atoms with Crippen molar-refractivity contribution in [3.8, 4) is 0 Å². The largest absolute Gasteiger partial charge is 0.395 e. The van der Waals surface area contributed by atoms with Crippen molar-refractivity contribution in [2.24, 2.45) is 0 Å². The molecule has 4 heteroatoms. The Hall–Kier alpha value is 0.620. The Morgan fingerprint density at radius 2 is 1.56 bits per heavy atom. The molecule has 1 aliphatic heterocycles. The summed E-state index contributed by atoms with van der Waals surface area (Å²) in [6, 6.07) is 0. The Labute approximate surface area is 63.0 Å². The summed E-state index contributed by atoms with van der Waals surface area (Å²) in [5.41, 5.74) is 0. The summed E-state index contributed by atoms with van der Waals surface area (Å²) < 4.78 is 0. The molecule has 0 saturated carbocycles. The second-order valence-corrected chi connectivity index (χ2v) is 4.71. The highest BCUT2D eigenvalue weighted by atomic mass is 32.2. The average Bonchev–Trinajstić information content (AvgIpc) is 2.33. The second kappa shape index (κ2) is 3.71. The molecule has 0 amide bonds. The van der Waals surface area contributed by atoms with Crippen LogP contribution in [-0.2, 0) is 0 Å². The minimum Gasteiger partial charge on any atom is -0.395 e. The van der Waals surface area contributed by atoms with Crippen molar-refractivity contribution in [3.63, 3.8) is 0 Å². The van der Waals surface area contributed by atoms with Gasteiger partial charge >= 0.3 is 0 Å². The molecule has 0 aromatic carbocycles. The van der Waals surface area contributed by atoms with Crippen LogP contribution in [0.15, 0.2) is 0 Å². The average molecular weight is 166 g/mol. The van der Waals surface area contributed by atoms with Crippen LogP contribution in [0.25, 0.3) is 0 Å². The first-order valence-corrected chi connectivity index (χ1v) is 4.93. The number of hydrogen-bond donors (Lipinski definition) is 2. The van der Waals surface area contributed by atoms with E-state index in [1.54, 1.807) is 23.5 Å². The molecular weight excluding hydrogens is 156 g/mol. The van der Waals surface area contributed by atoms with E-state index in [-0.39, 0.29) is 23.7 Å². The Kier molecular flexibility index (Phi) is 3.18. The quantitative estimate of drug-likeness (QED) is 0.612. The lowest BCUT2D eigenvalue weighted by molar-refractivity contribution is 0.254. The predicted molar refractivity (Wildman–Crippen MR) is 41.8 cm³/mol. The molecule has 2 atom stereocenters. The van der Waals surface area contributed by atoms with Gasteiger partial charge in [-0.1, -0.05) is 0 Å². The van der Waals surface area contributed by atoms with Crippen molar-refractivity contribution in [1.29, 1.82) is 0 Å². The first-order chi connectivity index (χ1) is 4.38. The number of hydrogen-bond acceptors (Lipinski definition) is 4. The molecule has 0 aromatic heterocycles. The fourth-order valence-corrected chi connectivity index (χ4v) is 3.77. The van der Waals surface area contributed by atoms with E-state index in [1.807, 2.05) is 0 Å². The van der Waals surface area contributed by atoms with E-state index in [0.717, 1.165) is 5.08 Å². The molecule has 0 aliphatic carbocycles. The molecule has 9 heavy (non-hydrogen) atoms. The van der Waals surface area contributed by atoms with Gasteiger partial charge in [0.2, 0.25) is 0 Å². The number of aliphatic hydroxyl groups is 2. The molecule has 0 bridgehead atoms. The fourth-order valence-electron chi connectivity index (χ4n) is 0.769. The molecule has 0 spiro atoms. The topological polar surface area (TPSA) is 40.5 Å². The third-order valence-corrected chi connectivity index (χ3v) is 4.41. The van der Waals surface area contributed by atoms with Crippen LogP contribution in [0.3, 0.4) is 0 Å². The summed E-state index contributed by atoms with van der Waals surface area (Å²) >= 11 is 3.46. The van der Waals surface area contributed by atoms with Gasteiger partial charge in [-0.05, 0) is 0 Å². The van der Waals surface area contributed by atoms with Gasteiger partial charge in [-0.15, -0.1) is 23.5 Å². The molecule has 54 valence electrons. The minimum absolute atomic E-state index is 0.197. The van der Waals surface area contributed by atoms with Crippen LogP contribution >= 0.6 is 23.5 Å². The van der Waals surface area contributed by atoms with Crippen molar-refractivity contribution in [2.45, 2.75) is 10.5 Å². The van der Waals surface area contributed by atoms with Crippen molar-refractivity contribution < 1.29 is 10.2 Å². The maximum absolute atomic E-state index is 8.72. The van der Waals surface area contributed by atoms with Crippen LogP contribution in [-0.4, -0.2) is 39.0 Å². The van der Waals surface area contributed by atoms with Gasteiger partial charge in [-0.25, -0.2) is 0 Å². The van der Waals surface area contributed by atoms with E-state index < -0.39 is 0 Å². The number of rotatable bonds is 2. The van der Waals surface area contributed by atoms with Crippen molar-refractivity contribution in [1.82, 2.24) is 0 Å². The van der Waals surface area contributed by atoms with Crippen LogP contribution in [0.5, 0.6) is 0 Å². The zero-order valence-electron chi connectivity index (χ0n) is 4.99. The number of thioether (sulfide) groups is 2. The molecule has 2 N–H and O–H groups in total. The van der Waals surface area contributed by atoms with Gasteiger partial charge in [-0.3, -0.25) is 0 Å². The van der Waals surface area contributed by atoms with Gasteiger partial charge in [0.1, 0.15) is 0 Å². The molecule has 1 saturated heterocycles. The highest BCUT2D eigenvalue weighted by molar-refractivity contribution is 8.19. The Morgan fingerprint density at radius 1 is 1.11 bits per heavy atom. The van der Waals surface area contributed by atoms with Gasteiger partial charge in [0.25, 0.3) is 0 Å². The predicted octanol–water partition coefficient (Wildman–Crippen LogP) is 0.146. The van der Waals surface area contributed by atoms with Gasteiger partial charge in [0, 0.05) is 15.6 Å². The van der Waals surface area contributed by atoms with Gasteiger partial charge in [0.05, 0.1) is 13.2 Å². The van der Waals surface area contributed by atoms with E-state index in [4.69, 9.17) is 10.2 Å². The molecule has 1 aliphatic rings. The second-order valence-electron chi connectivity index (χ2n) is 1.89. The Bertz CT molecular complexity index is 79.0. The van der Waals surface area contributed by atoms with Crippen LogP contribution < -0.4 is 0 Å². The normalized spacial score (nSPS) is 35.3. The van der Waals surface area contributed by atoms with Crippen LogP contribution in [0.4, 0.5) is 0 Å². The zero-order chi connectivity index (χ0) is 6.69. The van der Waals surface area contributed by atoms with E-state index in [9.17, 15) is 0 Å². The maximum atomic E-state index is 8.72. The standard InChI is InChI=1S/C5H10O2S2/c6-1-4-5(2-7)9-3-8-4/h4-7H,1-3H2. The summed E-state index contributed by atoms with van der Waals surface area (Å²) in [6.45, 7) is 0.395. The summed E-state index contributed by atoms with van der Waals surface area (Å²) in [4.78, 5) is 0. The zero-order valence-corrected chi connectivity index (χ0v) is 6.62. The van der Waals surface area contributed by atoms with Crippen LogP contribution in [0, 0.1) is 0 Å². The van der Waals surface area contributed by atoms with E-state index in [1.165, 1.54) is 0 Å². The third-order valence-electron chi connectivity index (χ3n) is 1.34. The smallest absolute Gasteiger partial charge is 0.0561 e. The highest BCUT2D eigenvalue weighted by Gasteiger charge is 2.26. The first kappa shape index (κ1) is 7.72. The van der Waals surface area contributed by atoms with E-state index in [2.05, 4.69) is 0 Å². The molecule has 1 fully saturated rings. The maximum Gasteiger partial charge on any atom is 0.0561 e. The Balaban J connectivity index is 2.32. The van der Waals surface area contributed by atoms with Crippen LogP contribution in [0.1, 0.15) is 0 Å². The lowest BCUT2D eigenvalue weighted by Crippen LogP contribution is -2.22. The lowest BCUT2D eigenvalue weighted by atomic mass is 10.3. The minimum atomic E-state index is 0.197. The molecular formula is C5H10O2S2. The van der Waals surface area contributed by atoms with Crippen molar-refractivity contribution in [3.05, 3.63) is 0 Å². The SMILES string of the molecule is OCC1SCSC1CO. The van der Waals surface area contributed by atoms with Gasteiger partial charge in [-0.2, -0.15) is 0 Å². The summed E-state index contributed by atoms with van der Waals surface area (Å²) in [5.74, 6) is 0. The van der Waals surface area contributed by atoms with E-state index >= 15 is 0 Å². The number of aliphatic hydroxyl groups excluding tert-OH is 2. The molecule has 2 unspecified atom stereocenters. The monoisotopic (exact) mass is 166 g/mol. The fraction of sp³-hybridized carbons (Fsp3) is 1.00. The third kappa shape index (κ3) is 1.77. The summed E-state index contributed by atoms with van der Waals surface area (Å²) in [6.07, 6.45) is 0. The molecule has 1 rings (SSSR count). The van der Waals surface area contributed by atoms with Gasteiger partial charge < -0.3 is 10.2 Å². The van der Waals surface area contributed by atoms with Crippen molar-refractivity contribution in [2.75, 3.05) is 18.3 Å². The van der Waals surface area contributed by atoms with Gasteiger partial charge in [0.15, 0.2) is 0 Å². The first-order valence-electron chi connectivity index (χ1n) is 2.83. The summed E-state index contributed by atoms with van der Waals surface area (Å²) in [7, 11) is 0. The summed E-state index contributed by atoms with van der Waals surface area (Å²) in [5, 5.41) is 19.0.